The van der Waals surface area contributed by atoms with E-state index in [9.17, 15) is 9.59 Å². The van der Waals surface area contributed by atoms with E-state index in [1.165, 1.54) is 0 Å². The van der Waals surface area contributed by atoms with Gasteiger partial charge < -0.3 is 10.2 Å². The number of carbonyl (C=O) groups is 2. The maximum Gasteiger partial charge on any atom is 0.251 e. The van der Waals surface area contributed by atoms with Crippen LogP contribution in [0.2, 0.25) is 0 Å². The molecule has 0 bridgehead atoms. The van der Waals surface area contributed by atoms with E-state index in [0.29, 0.717) is 12.1 Å². The standard InChI is InChI=1S/C19H24N2O2S/c1-13(2)17(19(23)21(4)12-16-6-5-11-24-16)20-18(22)15-9-7-14(3)8-10-15/h5-11,13,17H,12H2,1-4H3,(H,20,22). The minimum Gasteiger partial charge on any atom is -0.340 e. The molecule has 0 radical (unpaired) electrons. The maximum atomic E-state index is 12.7. The molecule has 0 aliphatic carbocycles. The van der Waals surface area contributed by atoms with Gasteiger partial charge in [0.1, 0.15) is 6.04 Å². The number of hydrogen-bond acceptors (Lipinski definition) is 3. The maximum absolute atomic E-state index is 12.7. The Balaban J connectivity index is 2.06. The number of amides is 2. The molecule has 1 N–H and O–H groups in total. The van der Waals surface area contributed by atoms with Crippen LogP contribution in [0.15, 0.2) is 41.8 Å². The molecule has 2 amide bonds. The molecule has 0 saturated carbocycles. The predicted octanol–water partition coefficient (Wildman–Crippen LogP) is 3.47. The Bertz CT molecular complexity index is 678. The number of benzene rings is 1. The molecule has 5 heteroatoms. The molecule has 0 fully saturated rings. The Labute approximate surface area is 147 Å². The Hall–Kier alpha value is -2.14. The molecule has 4 nitrogen and oxygen atoms in total. The summed E-state index contributed by atoms with van der Waals surface area (Å²) in [5.74, 6) is -0.275. The number of hydrogen-bond donors (Lipinski definition) is 1. The number of thiophene rings is 1. The van der Waals surface area contributed by atoms with Crippen molar-refractivity contribution in [2.75, 3.05) is 7.05 Å². The molecule has 0 spiro atoms. The third-order valence-corrected chi connectivity index (χ3v) is 4.74. The first-order valence-corrected chi connectivity index (χ1v) is 8.91. The summed E-state index contributed by atoms with van der Waals surface area (Å²) in [4.78, 5) is 28.0. The zero-order valence-electron chi connectivity index (χ0n) is 14.6. The summed E-state index contributed by atoms with van der Waals surface area (Å²) < 4.78 is 0. The smallest absolute Gasteiger partial charge is 0.251 e. The third kappa shape index (κ3) is 4.68. The molecule has 2 aromatic rings. The second-order valence-electron chi connectivity index (χ2n) is 6.33. The lowest BCUT2D eigenvalue weighted by Crippen LogP contribution is -2.49. The highest BCUT2D eigenvalue weighted by Gasteiger charge is 2.27. The molecule has 0 saturated heterocycles. The van der Waals surface area contributed by atoms with E-state index in [2.05, 4.69) is 5.32 Å². The number of nitrogens with one attached hydrogen (secondary N) is 1. The lowest BCUT2D eigenvalue weighted by molar-refractivity contribution is -0.133. The van der Waals surface area contributed by atoms with E-state index in [1.54, 1.807) is 35.4 Å². The van der Waals surface area contributed by atoms with E-state index in [1.807, 2.05) is 50.4 Å². The summed E-state index contributed by atoms with van der Waals surface area (Å²) >= 11 is 1.62. The molecule has 2 rings (SSSR count). The van der Waals surface area contributed by atoms with Crippen molar-refractivity contribution in [3.05, 3.63) is 57.8 Å². The van der Waals surface area contributed by atoms with Crippen molar-refractivity contribution < 1.29 is 9.59 Å². The van der Waals surface area contributed by atoms with E-state index >= 15 is 0 Å². The first-order chi connectivity index (χ1) is 11.4. The lowest BCUT2D eigenvalue weighted by Gasteiger charge is -2.27. The monoisotopic (exact) mass is 344 g/mol. The number of nitrogens with zero attached hydrogens (tertiary/aromatic N) is 1. The number of carbonyl (C=O) groups excluding carboxylic acids is 2. The van der Waals surface area contributed by atoms with Crippen molar-refractivity contribution >= 4 is 23.2 Å². The van der Waals surface area contributed by atoms with Crippen LogP contribution in [0, 0.1) is 12.8 Å². The molecule has 1 atom stereocenters. The molecule has 1 heterocycles. The van der Waals surface area contributed by atoms with Gasteiger partial charge in [-0.25, -0.2) is 0 Å². The minimum atomic E-state index is -0.538. The average molecular weight is 344 g/mol. The van der Waals surface area contributed by atoms with Crippen molar-refractivity contribution in [2.45, 2.75) is 33.4 Å². The third-order valence-electron chi connectivity index (χ3n) is 3.88. The molecule has 1 aromatic carbocycles. The van der Waals surface area contributed by atoms with Crippen LogP contribution in [-0.2, 0) is 11.3 Å². The topological polar surface area (TPSA) is 49.4 Å². The molecular formula is C19H24N2O2S. The number of rotatable bonds is 6. The number of likely N-dealkylation sites (N-methyl/N-ethyl adjacent to an activating group) is 1. The highest BCUT2D eigenvalue weighted by molar-refractivity contribution is 7.09. The van der Waals surface area contributed by atoms with Crippen LogP contribution in [0.25, 0.3) is 0 Å². The molecule has 0 aliphatic heterocycles. The van der Waals surface area contributed by atoms with Crippen molar-refractivity contribution in [3.8, 4) is 0 Å². The van der Waals surface area contributed by atoms with Crippen molar-refractivity contribution in [1.29, 1.82) is 0 Å². The molecule has 1 unspecified atom stereocenters. The van der Waals surface area contributed by atoms with Gasteiger partial charge in [-0.2, -0.15) is 0 Å². The Morgan fingerprint density at radius 2 is 1.83 bits per heavy atom. The van der Waals surface area contributed by atoms with Crippen LogP contribution in [-0.4, -0.2) is 29.8 Å². The lowest BCUT2D eigenvalue weighted by atomic mass is 10.0. The van der Waals surface area contributed by atoms with E-state index in [-0.39, 0.29) is 17.7 Å². The van der Waals surface area contributed by atoms with Crippen LogP contribution < -0.4 is 5.32 Å². The summed E-state index contributed by atoms with van der Waals surface area (Å²) in [6.07, 6.45) is 0. The first kappa shape index (κ1) is 18.2. The highest BCUT2D eigenvalue weighted by Crippen LogP contribution is 2.14. The molecule has 128 valence electrons. The van der Waals surface area contributed by atoms with Crippen LogP contribution in [0.5, 0.6) is 0 Å². The Kier molecular flexibility index (Phi) is 6.15. The summed E-state index contributed by atoms with van der Waals surface area (Å²) in [5.41, 5.74) is 1.67. The fraction of sp³-hybridized carbons (Fsp3) is 0.368. The van der Waals surface area contributed by atoms with Gasteiger partial charge in [0.25, 0.3) is 5.91 Å². The number of aryl methyl sites for hydroxylation is 1. The Morgan fingerprint density at radius 3 is 2.38 bits per heavy atom. The molecule has 1 aromatic heterocycles. The van der Waals surface area contributed by atoms with Crippen LogP contribution in [0.4, 0.5) is 0 Å². The van der Waals surface area contributed by atoms with E-state index < -0.39 is 6.04 Å². The van der Waals surface area contributed by atoms with Crippen LogP contribution >= 0.6 is 11.3 Å². The normalized spacial score (nSPS) is 12.0. The zero-order chi connectivity index (χ0) is 17.7. The van der Waals surface area contributed by atoms with Gasteiger partial charge in [-0.1, -0.05) is 37.6 Å². The van der Waals surface area contributed by atoms with E-state index in [0.717, 1.165) is 10.4 Å². The minimum absolute atomic E-state index is 0.0117. The quantitative estimate of drug-likeness (QED) is 0.872. The average Bonchev–Trinajstić information content (AvgIpc) is 3.05. The van der Waals surface area contributed by atoms with Crippen molar-refractivity contribution in [2.24, 2.45) is 5.92 Å². The summed E-state index contributed by atoms with van der Waals surface area (Å²) in [7, 11) is 1.77. The van der Waals surface area contributed by atoms with Gasteiger partial charge in [-0.15, -0.1) is 11.3 Å². The fourth-order valence-corrected chi connectivity index (χ4v) is 3.15. The zero-order valence-corrected chi connectivity index (χ0v) is 15.4. The summed E-state index contributed by atoms with van der Waals surface area (Å²) in [6.45, 7) is 6.41. The predicted molar refractivity (Wildman–Crippen MR) is 98.1 cm³/mol. The van der Waals surface area contributed by atoms with Crippen LogP contribution in [0.3, 0.4) is 0 Å². The summed E-state index contributed by atoms with van der Waals surface area (Å²) in [5, 5.41) is 4.88. The van der Waals surface area contributed by atoms with Gasteiger partial charge in [-0.3, -0.25) is 9.59 Å². The van der Waals surface area contributed by atoms with Gasteiger partial charge in [0.2, 0.25) is 5.91 Å². The van der Waals surface area contributed by atoms with Crippen molar-refractivity contribution in [3.63, 3.8) is 0 Å². The van der Waals surface area contributed by atoms with Gasteiger partial charge >= 0.3 is 0 Å². The van der Waals surface area contributed by atoms with Crippen molar-refractivity contribution in [1.82, 2.24) is 10.2 Å². The Morgan fingerprint density at radius 1 is 1.17 bits per heavy atom. The molecule has 0 aliphatic rings. The van der Waals surface area contributed by atoms with Gasteiger partial charge in [0.05, 0.1) is 6.54 Å². The fourth-order valence-electron chi connectivity index (χ4n) is 2.39. The highest BCUT2D eigenvalue weighted by atomic mass is 32.1. The second kappa shape index (κ2) is 8.11. The van der Waals surface area contributed by atoms with Gasteiger partial charge in [0, 0.05) is 17.5 Å². The molecule has 24 heavy (non-hydrogen) atoms. The SMILES string of the molecule is Cc1ccc(C(=O)NC(C(=O)N(C)Cc2cccs2)C(C)C)cc1. The van der Waals surface area contributed by atoms with E-state index in [4.69, 9.17) is 0 Å². The second-order valence-corrected chi connectivity index (χ2v) is 7.37. The first-order valence-electron chi connectivity index (χ1n) is 8.03. The summed E-state index contributed by atoms with van der Waals surface area (Å²) in [6, 6.07) is 10.8. The van der Waals surface area contributed by atoms with Gasteiger partial charge in [-0.05, 0) is 36.4 Å². The molecular weight excluding hydrogens is 320 g/mol. The van der Waals surface area contributed by atoms with Gasteiger partial charge in [0.15, 0.2) is 0 Å². The van der Waals surface area contributed by atoms with Crippen LogP contribution in [0.1, 0.15) is 34.6 Å². The largest absolute Gasteiger partial charge is 0.340 e.